The average molecular weight is 988 g/mol. The van der Waals surface area contributed by atoms with Crippen LogP contribution in [0.4, 0.5) is 0 Å². The maximum Gasteiger partial charge on any atom is 0.246 e. The van der Waals surface area contributed by atoms with E-state index in [0.29, 0.717) is 62.5 Å². The first-order valence-corrected chi connectivity index (χ1v) is 26.9. The number of carbonyl (C=O) groups excluding carboxylic acids is 3. The Morgan fingerprint density at radius 2 is 1.67 bits per heavy atom. The number of hydrogen-bond acceptors (Lipinski definition) is 12. The molecule has 14 nitrogen and oxygen atoms in total. The van der Waals surface area contributed by atoms with Crippen LogP contribution in [0.25, 0.3) is 10.4 Å². The van der Waals surface area contributed by atoms with Crippen LogP contribution in [0.15, 0.2) is 48.0 Å². The molecule has 2 unspecified atom stereocenters. The minimum atomic E-state index is -0.911. The van der Waals surface area contributed by atoms with E-state index >= 15 is 0 Å². The maximum absolute atomic E-state index is 14.0. The van der Waals surface area contributed by atoms with Crippen LogP contribution in [-0.2, 0) is 41.6 Å². The van der Waals surface area contributed by atoms with Crippen molar-refractivity contribution in [1.82, 2.24) is 25.4 Å². The number of aryl methyl sites for hydroxylation is 1. The van der Waals surface area contributed by atoms with E-state index in [1.165, 1.54) is 35.3 Å². The van der Waals surface area contributed by atoms with Gasteiger partial charge in [0.15, 0.2) is 0 Å². The van der Waals surface area contributed by atoms with Gasteiger partial charge in [-0.15, -0.1) is 11.3 Å². The van der Waals surface area contributed by atoms with Gasteiger partial charge in [-0.05, 0) is 134 Å². The van der Waals surface area contributed by atoms with E-state index in [-0.39, 0.29) is 55.9 Å². The molecule has 1 aliphatic heterocycles. The molecule has 3 fully saturated rings. The number of hydrogen-bond donors (Lipinski definition) is 5. The monoisotopic (exact) mass is 988 g/mol. The number of benzene rings is 2. The molecule has 3 aromatic rings. The number of thiazole rings is 1. The second-order valence-electron chi connectivity index (χ2n) is 22.0. The first kappa shape index (κ1) is 53.8. The molecule has 4 aliphatic rings. The number of phenols is 1. The Hall–Kier alpha value is -3.96. The van der Waals surface area contributed by atoms with Gasteiger partial charge >= 0.3 is 0 Å². The van der Waals surface area contributed by atoms with Gasteiger partial charge in [-0.3, -0.25) is 14.4 Å². The van der Waals surface area contributed by atoms with Gasteiger partial charge in [-0.1, -0.05) is 70.9 Å². The number of ether oxygens (including phenoxy) is 3. The number of amides is 3. The summed E-state index contributed by atoms with van der Waals surface area (Å²) in [6.07, 6.45) is 9.21. The molecule has 2 heterocycles. The van der Waals surface area contributed by atoms with Crippen LogP contribution in [0, 0.1) is 35.5 Å². The molecule has 15 heteroatoms. The van der Waals surface area contributed by atoms with E-state index in [1.54, 1.807) is 11.3 Å². The Bertz CT molecular complexity index is 2180. The number of rotatable bonds is 24. The number of nitrogens with zero attached hydrogens (tertiary/aromatic N) is 3. The van der Waals surface area contributed by atoms with Crippen LogP contribution in [0.3, 0.4) is 0 Å². The van der Waals surface area contributed by atoms with E-state index in [4.69, 9.17) is 14.2 Å². The molecule has 3 amide bonds. The highest BCUT2D eigenvalue weighted by atomic mass is 32.1. The maximum atomic E-state index is 14.0. The van der Waals surface area contributed by atoms with Crippen LogP contribution in [0.1, 0.15) is 120 Å². The quantitative estimate of drug-likeness (QED) is 0.0583. The second kappa shape index (κ2) is 24.6. The summed E-state index contributed by atoms with van der Waals surface area (Å²) in [5.74, 6) is 1.62. The van der Waals surface area contributed by atoms with Crippen molar-refractivity contribution < 1.29 is 43.9 Å². The summed E-state index contributed by atoms with van der Waals surface area (Å²) in [5, 5.41) is 37.7. The number of likely N-dealkylation sites (N-methyl/N-ethyl adjacent to an activating group) is 1. The molecule has 2 saturated carbocycles. The fraction of sp³-hybridized carbons (Fsp3) is 0.673. The number of β-amino-alcohol motifs (C(OH)–C–C–N with tert-alkyl or cyclic N) is 1. The first-order valence-electron chi connectivity index (χ1n) is 26.0. The van der Waals surface area contributed by atoms with Crippen molar-refractivity contribution in [3.8, 4) is 16.2 Å². The molecule has 70 heavy (non-hydrogen) atoms. The van der Waals surface area contributed by atoms with Gasteiger partial charge in [0, 0.05) is 32.5 Å². The van der Waals surface area contributed by atoms with Crippen LogP contribution in [0.2, 0.25) is 0 Å². The Kier molecular flexibility index (Phi) is 18.9. The van der Waals surface area contributed by atoms with Crippen molar-refractivity contribution in [2.45, 2.75) is 142 Å². The van der Waals surface area contributed by atoms with Crippen molar-refractivity contribution in [3.63, 3.8) is 0 Å². The highest BCUT2D eigenvalue weighted by molar-refractivity contribution is 7.13. The van der Waals surface area contributed by atoms with Gasteiger partial charge in [0.1, 0.15) is 17.8 Å². The van der Waals surface area contributed by atoms with Gasteiger partial charge in [0.2, 0.25) is 17.7 Å². The standard InChI is InChI=1S/C55H81N5O9S/c1-36-50(70-35-57-36)38-13-11-37(12-14-38)33-56-52(65)46-32-42(62)34-60(46)53(66)51(54(2,3)4)58-48(64)20-24-67-26-28-69-29-27-68-25-23-59(6)22-9-7-8-10-39-30-40-31-41(61)15-16-43(40)44-19-21-55(5)45(49(39)44)17-18-47(55)63/h11-16,31,35,39,42,44-47,49,51,61-63H,7-10,17-30,32-34H2,1-6H3,(H,56,65)(H,58,64)/t39-,42-,44?,45+,46+,47+,49?,51-,55+/m1/s1. The lowest BCUT2D eigenvalue weighted by Gasteiger charge is -2.53. The number of unbranched alkanes of at least 4 members (excludes halogenated alkanes) is 2. The normalized spacial score (nSPS) is 25.6. The molecule has 1 saturated heterocycles. The van der Waals surface area contributed by atoms with Gasteiger partial charge in [-0.2, -0.15) is 0 Å². The summed E-state index contributed by atoms with van der Waals surface area (Å²) < 4.78 is 17.2. The van der Waals surface area contributed by atoms with Gasteiger partial charge in [0.05, 0.1) is 67.9 Å². The Labute approximate surface area is 420 Å². The number of fused-ring (bicyclic) bond motifs is 5. The molecule has 2 aromatic carbocycles. The molecule has 1 aromatic heterocycles. The molecule has 0 radical (unpaired) electrons. The molecule has 3 aliphatic carbocycles. The minimum Gasteiger partial charge on any atom is -0.508 e. The predicted octanol–water partition coefficient (Wildman–Crippen LogP) is 7.01. The number of aliphatic hydroxyl groups is 2. The third kappa shape index (κ3) is 13.6. The Morgan fingerprint density at radius 1 is 0.943 bits per heavy atom. The summed E-state index contributed by atoms with van der Waals surface area (Å²) in [7, 11) is 2.14. The highest BCUT2D eigenvalue weighted by Gasteiger charge is 2.56. The molecule has 5 N–H and O–H groups in total. The fourth-order valence-electron chi connectivity index (χ4n) is 12.0. The summed E-state index contributed by atoms with van der Waals surface area (Å²) in [4.78, 5) is 49.6. The van der Waals surface area contributed by atoms with E-state index in [1.807, 2.05) is 69.6 Å². The van der Waals surface area contributed by atoms with Crippen LogP contribution >= 0.6 is 11.3 Å². The Balaban J connectivity index is 0.721. The van der Waals surface area contributed by atoms with E-state index < -0.39 is 29.5 Å². The lowest BCUT2D eigenvalue weighted by Crippen LogP contribution is -2.57. The topological polar surface area (TPSA) is 183 Å². The smallest absolute Gasteiger partial charge is 0.246 e. The van der Waals surface area contributed by atoms with E-state index in [2.05, 4.69) is 40.6 Å². The molecule has 0 bridgehead atoms. The van der Waals surface area contributed by atoms with Crippen LogP contribution in [0.5, 0.6) is 5.75 Å². The summed E-state index contributed by atoms with van der Waals surface area (Å²) in [6, 6.07) is 12.2. The number of carbonyl (C=O) groups is 3. The minimum absolute atomic E-state index is 0.00896. The number of nitrogens with one attached hydrogen (secondary N) is 2. The average Bonchev–Trinajstić information content (AvgIpc) is 4.03. The molecule has 9 atom stereocenters. The number of phenolic OH excluding ortho intramolecular Hbond substituents is 1. The molecule has 7 rings (SSSR count). The zero-order chi connectivity index (χ0) is 50.0. The molecule has 386 valence electrons. The van der Waals surface area contributed by atoms with Gasteiger partial charge in [0.25, 0.3) is 0 Å². The predicted molar refractivity (Wildman–Crippen MR) is 272 cm³/mol. The van der Waals surface area contributed by atoms with Crippen molar-refractivity contribution in [2.24, 2.45) is 28.6 Å². The van der Waals surface area contributed by atoms with Crippen LogP contribution < -0.4 is 10.6 Å². The number of aliphatic hydroxyl groups excluding tert-OH is 2. The second-order valence-corrected chi connectivity index (χ2v) is 22.8. The zero-order valence-corrected chi connectivity index (χ0v) is 43.4. The summed E-state index contributed by atoms with van der Waals surface area (Å²) in [6.45, 7) is 14.5. The Morgan fingerprint density at radius 3 is 2.39 bits per heavy atom. The lowest BCUT2D eigenvalue weighted by atomic mass is 9.52. The summed E-state index contributed by atoms with van der Waals surface area (Å²) in [5.41, 5.74) is 6.93. The van der Waals surface area contributed by atoms with Crippen molar-refractivity contribution in [2.75, 3.05) is 66.3 Å². The largest absolute Gasteiger partial charge is 0.508 e. The number of aromatic nitrogens is 1. The van der Waals surface area contributed by atoms with Crippen molar-refractivity contribution >= 4 is 29.1 Å². The van der Waals surface area contributed by atoms with Crippen LogP contribution in [-0.4, -0.2) is 138 Å². The first-order chi connectivity index (χ1) is 33.5. The lowest BCUT2D eigenvalue weighted by molar-refractivity contribution is -0.144. The summed E-state index contributed by atoms with van der Waals surface area (Å²) >= 11 is 1.58. The number of likely N-dealkylation sites (tertiary alicyclic amines) is 1. The van der Waals surface area contributed by atoms with Gasteiger partial charge in [-0.25, -0.2) is 4.98 Å². The van der Waals surface area contributed by atoms with E-state index in [9.17, 15) is 29.7 Å². The van der Waals surface area contributed by atoms with E-state index in [0.717, 1.165) is 73.3 Å². The molecular weight excluding hydrogens is 907 g/mol. The third-order valence-electron chi connectivity index (χ3n) is 16.0. The SMILES string of the molecule is Cc1ncsc1-c1ccc(CNC(=O)[C@@H]2C[C@@H](O)CN2C(=O)[C@@H](NC(=O)CCOCCOCCOCCN(C)CCCCC[C@@H]2Cc3cc(O)ccc3C3CC[C@]4(C)[C@@H](O)CC[C@H]4C32)C(C)(C)C)cc1. The van der Waals surface area contributed by atoms with Crippen molar-refractivity contribution in [1.29, 1.82) is 0 Å². The number of aromatic hydroxyl groups is 1. The highest BCUT2D eigenvalue weighted by Crippen LogP contribution is 2.62. The third-order valence-corrected chi connectivity index (χ3v) is 17.0. The fourth-order valence-corrected chi connectivity index (χ4v) is 12.9. The van der Waals surface area contributed by atoms with Crippen molar-refractivity contribution in [3.05, 3.63) is 70.4 Å². The molecule has 0 spiro atoms. The molecular formula is C55H81N5O9S. The zero-order valence-electron chi connectivity index (χ0n) is 42.6. The van der Waals surface area contributed by atoms with Gasteiger partial charge < -0.3 is 50.0 Å².